The molecule has 29 heavy (non-hydrogen) atoms. The predicted octanol–water partition coefficient (Wildman–Crippen LogP) is 2.14. The van der Waals surface area contributed by atoms with E-state index in [2.05, 4.69) is 5.32 Å². The lowest BCUT2D eigenvalue weighted by molar-refractivity contribution is 0.0926. The smallest absolute Gasteiger partial charge is 0.303 e. The van der Waals surface area contributed by atoms with E-state index >= 15 is 0 Å². The molecule has 0 saturated carbocycles. The standard InChI is InChI=1S/C20H27N3O5S/c1-15(14-28-19-12-10-18(27-5)11-13-19)21-20(24)16-6-8-17(9-7-16)23(4)29(25,26)22(2)3/h6-13,15H,14H2,1-5H3,(H,21,24)/t15-/m1/s1. The number of benzene rings is 2. The molecule has 0 bridgehead atoms. The molecule has 0 spiro atoms. The molecule has 0 saturated heterocycles. The highest BCUT2D eigenvalue weighted by Crippen LogP contribution is 2.19. The van der Waals surface area contributed by atoms with Gasteiger partial charge < -0.3 is 14.8 Å². The molecule has 1 atom stereocenters. The van der Waals surface area contributed by atoms with Gasteiger partial charge in [0, 0.05) is 26.7 Å². The van der Waals surface area contributed by atoms with Crippen molar-refractivity contribution in [1.82, 2.24) is 9.62 Å². The molecular formula is C20H27N3O5S. The van der Waals surface area contributed by atoms with Crippen molar-refractivity contribution in [2.24, 2.45) is 0 Å². The largest absolute Gasteiger partial charge is 0.497 e. The third-order valence-corrected chi connectivity index (χ3v) is 6.06. The van der Waals surface area contributed by atoms with E-state index in [1.807, 2.05) is 6.92 Å². The second-order valence-electron chi connectivity index (χ2n) is 6.67. The van der Waals surface area contributed by atoms with Crippen molar-refractivity contribution < 1.29 is 22.7 Å². The van der Waals surface area contributed by atoms with Crippen LogP contribution in [0.1, 0.15) is 17.3 Å². The molecule has 2 aromatic rings. The molecule has 158 valence electrons. The van der Waals surface area contributed by atoms with E-state index in [0.29, 0.717) is 23.6 Å². The third kappa shape index (κ3) is 5.85. The van der Waals surface area contributed by atoms with Crippen LogP contribution in [0.4, 0.5) is 5.69 Å². The molecular weight excluding hydrogens is 394 g/mol. The molecule has 0 aliphatic rings. The maximum atomic E-state index is 12.4. The Kier molecular flexibility index (Phi) is 7.46. The van der Waals surface area contributed by atoms with Crippen LogP contribution in [0, 0.1) is 0 Å². The molecule has 0 heterocycles. The first-order valence-electron chi connectivity index (χ1n) is 8.99. The molecule has 2 rings (SSSR count). The average Bonchev–Trinajstić information content (AvgIpc) is 2.72. The Labute approximate surface area is 172 Å². The lowest BCUT2D eigenvalue weighted by Crippen LogP contribution is -2.37. The van der Waals surface area contributed by atoms with Crippen LogP contribution in [0.5, 0.6) is 11.5 Å². The molecule has 0 radical (unpaired) electrons. The van der Waals surface area contributed by atoms with Gasteiger partial charge in [-0.3, -0.25) is 9.10 Å². The minimum Gasteiger partial charge on any atom is -0.497 e. The van der Waals surface area contributed by atoms with Crippen LogP contribution in [-0.2, 0) is 10.2 Å². The van der Waals surface area contributed by atoms with Crippen molar-refractivity contribution >= 4 is 21.8 Å². The average molecular weight is 422 g/mol. The summed E-state index contributed by atoms with van der Waals surface area (Å²) in [5.74, 6) is 1.16. The Morgan fingerprint density at radius 1 is 1.00 bits per heavy atom. The third-order valence-electron chi connectivity index (χ3n) is 4.24. The summed E-state index contributed by atoms with van der Waals surface area (Å²) >= 11 is 0. The maximum absolute atomic E-state index is 12.4. The molecule has 2 aromatic carbocycles. The van der Waals surface area contributed by atoms with Crippen molar-refractivity contribution in [3.05, 3.63) is 54.1 Å². The van der Waals surface area contributed by atoms with Gasteiger partial charge in [-0.1, -0.05) is 0 Å². The molecule has 8 nitrogen and oxygen atoms in total. The Morgan fingerprint density at radius 3 is 2.07 bits per heavy atom. The topological polar surface area (TPSA) is 88.2 Å². The van der Waals surface area contributed by atoms with Gasteiger partial charge in [-0.05, 0) is 55.5 Å². The van der Waals surface area contributed by atoms with Crippen molar-refractivity contribution in [3.63, 3.8) is 0 Å². The first-order valence-corrected chi connectivity index (χ1v) is 10.4. The Balaban J connectivity index is 1.92. The van der Waals surface area contributed by atoms with E-state index in [9.17, 15) is 13.2 Å². The van der Waals surface area contributed by atoms with Crippen molar-refractivity contribution in [1.29, 1.82) is 0 Å². The van der Waals surface area contributed by atoms with Gasteiger partial charge in [0.2, 0.25) is 0 Å². The van der Waals surface area contributed by atoms with Crippen LogP contribution >= 0.6 is 0 Å². The highest BCUT2D eigenvalue weighted by Gasteiger charge is 2.21. The first-order chi connectivity index (χ1) is 13.6. The fraction of sp³-hybridized carbons (Fsp3) is 0.350. The van der Waals surface area contributed by atoms with E-state index in [1.54, 1.807) is 55.6 Å². The minimum absolute atomic E-state index is 0.221. The van der Waals surface area contributed by atoms with E-state index in [1.165, 1.54) is 21.1 Å². The zero-order valence-electron chi connectivity index (χ0n) is 17.2. The number of ether oxygens (including phenoxy) is 2. The molecule has 1 amide bonds. The number of carbonyl (C=O) groups excluding carboxylic acids is 1. The number of hydrogen-bond acceptors (Lipinski definition) is 5. The van der Waals surface area contributed by atoms with E-state index in [-0.39, 0.29) is 11.9 Å². The number of hydrogen-bond donors (Lipinski definition) is 1. The molecule has 0 aliphatic heterocycles. The van der Waals surface area contributed by atoms with Crippen LogP contribution in [0.2, 0.25) is 0 Å². The summed E-state index contributed by atoms with van der Waals surface area (Å²) in [7, 11) is 2.40. The lowest BCUT2D eigenvalue weighted by atomic mass is 10.2. The summed E-state index contributed by atoms with van der Waals surface area (Å²) in [6, 6.07) is 13.3. The highest BCUT2D eigenvalue weighted by molar-refractivity contribution is 7.90. The zero-order chi connectivity index (χ0) is 21.6. The first kappa shape index (κ1) is 22.5. The maximum Gasteiger partial charge on any atom is 0.303 e. The fourth-order valence-electron chi connectivity index (χ4n) is 2.44. The van der Waals surface area contributed by atoms with E-state index in [4.69, 9.17) is 9.47 Å². The summed E-state index contributed by atoms with van der Waals surface area (Å²) in [5, 5.41) is 2.86. The summed E-state index contributed by atoms with van der Waals surface area (Å²) in [5.41, 5.74) is 0.895. The highest BCUT2D eigenvalue weighted by atomic mass is 32.2. The molecule has 9 heteroatoms. The number of amides is 1. The van der Waals surface area contributed by atoms with Gasteiger partial charge in [0.05, 0.1) is 18.8 Å². The van der Waals surface area contributed by atoms with Crippen LogP contribution in [-0.4, -0.2) is 59.5 Å². The molecule has 0 aliphatic carbocycles. The Bertz CT molecular complexity index is 912. The minimum atomic E-state index is -3.58. The van der Waals surface area contributed by atoms with Crippen LogP contribution in [0.15, 0.2) is 48.5 Å². The van der Waals surface area contributed by atoms with Crippen LogP contribution in [0.25, 0.3) is 0 Å². The quantitative estimate of drug-likeness (QED) is 0.670. The monoisotopic (exact) mass is 421 g/mol. The molecule has 1 N–H and O–H groups in total. The van der Waals surface area contributed by atoms with Gasteiger partial charge in [0.15, 0.2) is 0 Å². The number of nitrogens with one attached hydrogen (secondary N) is 1. The van der Waals surface area contributed by atoms with Gasteiger partial charge in [-0.2, -0.15) is 12.7 Å². The normalized spacial score (nSPS) is 12.3. The van der Waals surface area contributed by atoms with Crippen LogP contribution < -0.4 is 19.1 Å². The SMILES string of the molecule is COc1ccc(OC[C@@H](C)NC(=O)c2ccc(N(C)S(=O)(=O)N(C)C)cc2)cc1. The number of carbonyl (C=O) groups is 1. The number of methoxy groups -OCH3 is 1. The van der Waals surface area contributed by atoms with Crippen LogP contribution in [0.3, 0.4) is 0 Å². The Morgan fingerprint density at radius 2 is 1.55 bits per heavy atom. The predicted molar refractivity (Wildman–Crippen MR) is 113 cm³/mol. The van der Waals surface area contributed by atoms with Crippen molar-refractivity contribution in [2.75, 3.05) is 39.2 Å². The van der Waals surface area contributed by atoms with E-state index in [0.717, 1.165) is 14.4 Å². The second kappa shape index (κ2) is 9.62. The molecule has 0 fully saturated rings. The summed E-state index contributed by atoms with van der Waals surface area (Å²) in [6.07, 6.45) is 0. The fourth-order valence-corrected chi connectivity index (χ4v) is 3.32. The van der Waals surface area contributed by atoms with Gasteiger partial charge in [0.25, 0.3) is 5.91 Å². The van der Waals surface area contributed by atoms with Gasteiger partial charge >= 0.3 is 10.2 Å². The number of anilines is 1. The van der Waals surface area contributed by atoms with Crippen molar-refractivity contribution in [2.45, 2.75) is 13.0 Å². The zero-order valence-corrected chi connectivity index (χ0v) is 18.1. The summed E-state index contributed by atoms with van der Waals surface area (Å²) in [4.78, 5) is 12.4. The Hall–Kier alpha value is -2.78. The summed E-state index contributed by atoms with van der Waals surface area (Å²) in [6.45, 7) is 2.15. The van der Waals surface area contributed by atoms with Gasteiger partial charge in [-0.25, -0.2) is 0 Å². The van der Waals surface area contributed by atoms with Gasteiger partial charge in [-0.15, -0.1) is 0 Å². The van der Waals surface area contributed by atoms with E-state index < -0.39 is 10.2 Å². The summed E-state index contributed by atoms with van der Waals surface area (Å²) < 4.78 is 37.4. The number of rotatable bonds is 9. The molecule has 0 aromatic heterocycles. The van der Waals surface area contributed by atoms with Gasteiger partial charge in [0.1, 0.15) is 18.1 Å². The van der Waals surface area contributed by atoms with Crippen molar-refractivity contribution in [3.8, 4) is 11.5 Å². The number of nitrogens with zero attached hydrogens (tertiary/aromatic N) is 2. The lowest BCUT2D eigenvalue weighted by Gasteiger charge is -2.23. The molecule has 0 unspecified atom stereocenters. The second-order valence-corrected chi connectivity index (χ2v) is 8.84.